The van der Waals surface area contributed by atoms with Crippen molar-refractivity contribution < 1.29 is 18.8 Å². The number of carbonyl (C=O) groups excluding carboxylic acids is 3. The van der Waals surface area contributed by atoms with Crippen LogP contribution in [0.2, 0.25) is 0 Å². The van der Waals surface area contributed by atoms with Gasteiger partial charge in [0.05, 0.1) is 5.56 Å². The van der Waals surface area contributed by atoms with E-state index in [-0.39, 0.29) is 23.9 Å². The molecule has 2 N–H and O–H groups in total. The van der Waals surface area contributed by atoms with Gasteiger partial charge in [0.25, 0.3) is 5.91 Å². The summed E-state index contributed by atoms with van der Waals surface area (Å²) in [7, 11) is 0. The van der Waals surface area contributed by atoms with Crippen LogP contribution in [0.15, 0.2) is 48.7 Å². The van der Waals surface area contributed by atoms with E-state index in [1.165, 1.54) is 19.1 Å². The predicted octanol–water partition coefficient (Wildman–Crippen LogP) is 3.86. The molecule has 8 heteroatoms. The highest BCUT2D eigenvalue weighted by Gasteiger charge is 2.15. The van der Waals surface area contributed by atoms with E-state index in [2.05, 4.69) is 10.6 Å². The molecule has 7 nitrogen and oxygen atoms in total. The van der Waals surface area contributed by atoms with Gasteiger partial charge in [0, 0.05) is 48.5 Å². The average molecular weight is 424 g/mol. The van der Waals surface area contributed by atoms with Gasteiger partial charge < -0.3 is 20.1 Å². The molecule has 0 saturated heterocycles. The molecule has 3 aromatic rings. The maximum atomic E-state index is 14.1. The van der Waals surface area contributed by atoms with Gasteiger partial charge in [0.2, 0.25) is 11.8 Å². The van der Waals surface area contributed by atoms with Crippen molar-refractivity contribution in [1.29, 1.82) is 0 Å². The minimum atomic E-state index is -0.686. The summed E-state index contributed by atoms with van der Waals surface area (Å²) in [6.45, 7) is 6.77. The SMILES string of the molecule is CCN(CC)C(=O)Cn1ccc2cc(NC(=O)c3cc(NC(C)=O)ccc3F)ccc21. The fourth-order valence-electron chi connectivity index (χ4n) is 3.42. The normalized spacial score (nSPS) is 10.7. The maximum absolute atomic E-state index is 14.1. The number of nitrogens with zero attached hydrogens (tertiary/aromatic N) is 2. The van der Waals surface area contributed by atoms with Crippen molar-refractivity contribution >= 4 is 40.0 Å². The van der Waals surface area contributed by atoms with Crippen LogP contribution < -0.4 is 10.6 Å². The second-order valence-corrected chi connectivity index (χ2v) is 7.11. The van der Waals surface area contributed by atoms with Crippen LogP contribution in [-0.4, -0.2) is 40.3 Å². The lowest BCUT2D eigenvalue weighted by Crippen LogP contribution is -2.33. The molecule has 2 aromatic carbocycles. The van der Waals surface area contributed by atoms with Crippen LogP contribution in [0.1, 0.15) is 31.1 Å². The number of nitrogens with one attached hydrogen (secondary N) is 2. The van der Waals surface area contributed by atoms with Gasteiger partial charge in [-0.3, -0.25) is 14.4 Å². The van der Waals surface area contributed by atoms with E-state index in [1.807, 2.05) is 36.7 Å². The summed E-state index contributed by atoms with van der Waals surface area (Å²) in [4.78, 5) is 38.0. The van der Waals surface area contributed by atoms with Crippen molar-refractivity contribution in [3.05, 3.63) is 60.0 Å². The Morgan fingerprint density at radius 3 is 2.32 bits per heavy atom. The molecule has 0 saturated carbocycles. The summed E-state index contributed by atoms with van der Waals surface area (Å²) in [5.41, 5.74) is 1.52. The molecule has 3 rings (SSSR count). The number of benzene rings is 2. The minimum absolute atomic E-state index is 0.0365. The first-order valence-electron chi connectivity index (χ1n) is 10.1. The summed E-state index contributed by atoms with van der Waals surface area (Å²) >= 11 is 0. The van der Waals surface area contributed by atoms with Crippen LogP contribution in [0.4, 0.5) is 15.8 Å². The molecule has 31 heavy (non-hydrogen) atoms. The first-order valence-corrected chi connectivity index (χ1v) is 10.1. The van der Waals surface area contributed by atoms with Gasteiger partial charge in [-0.2, -0.15) is 0 Å². The van der Waals surface area contributed by atoms with Crippen LogP contribution in [0.5, 0.6) is 0 Å². The summed E-state index contributed by atoms with van der Waals surface area (Å²) in [6, 6.07) is 11.0. The van der Waals surface area contributed by atoms with Gasteiger partial charge in [0.15, 0.2) is 0 Å². The van der Waals surface area contributed by atoms with E-state index in [1.54, 1.807) is 17.0 Å². The monoisotopic (exact) mass is 424 g/mol. The quantitative estimate of drug-likeness (QED) is 0.604. The van der Waals surface area contributed by atoms with E-state index < -0.39 is 11.7 Å². The number of hydrogen-bond donors (Lipinski definition) is 2. The Kier molecular flexibility index (Phi) is 6.69. The standard InChI is InChI=1S/C23H25FN4O3/c1-4-27(5-2)22(30)14-28-11-10-16-12-17(7-9-21(16)28)26-23(31)19-13-18(25-15(3)29)6-8-20(19)24/h6-13H,4-5,14H2,1-3H3,(H,25,29)(H,26,31). The van der Waals surface area contributed by atoms with E-state index in [0.717, 1.165) is 17.0 Å². The average Bonchev–Trinajstić information content (AvgIpc) is 3.11. The lowest BCUT2D eigenvalue weighted by Gasteiger charge is -2.19. The second kappa shape index (κ2) is 9.42. The third-order valence-electron chi connectivity index (χ3n) is 4.98. The molecule has 0 unspecified atom stereocenters. The fourth-order valence-corrected chi connectivity index (χ4v) is 3.42. The molecule has 162 valence electrons. The van der Waals surface area contributed by atoms with Crippen LogP contribution >= 0.6 is 0 Å². The third-order valence-corrected chi connectivity index (χ3v) is 4.98. The molecule has 0 aliphatic rings. The highest BCUT2D eigenvalue weighted by atomic mass is 19.1. The van der Waals surface area contributed by atoms with Crippen molar-refractivity contribution in [2.45, 2.75) is 27.3 Å². The molecule has 0 aliphatic heterocycles. The van der Waals surface area contributed by atoms with Crippen molar-refractivity contribution in [2.75, 3.05) is 23.7 Å². The molecule has 0 spiro atoms. The van der Waals surface area contributed by atoms with Crippen LogP contribution in [-0.2, 0) is 16.1 Å². The largest absolute Gasteiger partial charge is 0.342 e. The number of rotatable bonds is 7. The number of likely N-dealkylation sites (N-methyl/N-ethyl adjacent to an activating group) is 1. The first-order chi connectivity index (χ1) is 14.8. The smallest absolute Gasteiger partial charge is 0.258 e. The van der Waals surface area contributed by atoms with Gasteiger partial charge in [-0.05, 0) is 56.3 Å². The highest BCUT2D eigenvalue weighted by molar-refractivity contribution is 6.06. The molecule has 0 bridgehead atoms. The van der Waals surface area contributed by atoms with Gasteiger partial charge in [0.1, 0.15) is 12.4 Å². The molecule has 1 heterocycles. The van der Waals surface area contributed by atoms with E-state index in [0.29, 0.717) is 24.5 Å². The summed E-state index contributed by atoms with van der Waals surface area (Å²) in [5.74, 6) is -1.59. The zero-order chi connectivity index (χ0) is 22.5. The molecule has 3 amide bonds. The zero-order valence-electron chi connectivity index (χ0n) is 17.7. The topological polar surface area (TPSA) is 83.4 Å². The molecular weight excluding hydrogens is 399 g/mol. The third kappa shape index (κ3) is 5.09. The van der Waals surface area contributed by atoms with Gasteiger partial charge >= 0.3 is 0 Å². The molecule has 0 atom stereocenters. The fraction of sp³-hybridized carbons (Fsp3) is 0.261. The predicted molar refractivity (Wildman–Crippen MR) is 119 cm³/mol. The Morgan fingerprint density at radius 1 is 0.968 bits per heavy atom. The molecule has 0 aliphatic carbocycles. The summed E-state index contributed by atoms with van der Waals surface area (Å²) in [6.07, 6.45) is 1.83. The number of halogens is 1. The Labute approximate surface area is 179 Å². The number of anilines is 2. The number of hydrogen-bond acceptors (Lipinski definition) is 3. The Morgan fingerprint density at radius 2 is 1.65 bits per heavy atom. The molecule has 1 aromatic heterocycles. The van der Waals surface area contributed by atoms with E-state index in [4.69, 9.17) is 0 Å². The lowest BCUT2D eigenvalue weighted by molar-refractivity contribution is -0.131. The van der Waals surface area contributed by atoms with Crippen molar-refractivity contribution in [3.63, 3.8) is 0 Å². The van der Waals surface area contributed by atoms with Crippen molar-refractivity contribution in [3.8, 4) is 0 Å². The van der Waals surface area contributed by atoms with Crippen LogP contribution in [0.25, 0.3) is 10.9 Å². The number of fused-ring (bicyclic) bond motifs is 1. The second-order valence-electron chi connectivity index (χ2n) is 7.11. The molecule has 0 radical (unpaired) electrons. The number of amides is 3. The van der Waals surface area contributed by atoms with Crippen LogP contribution in [0, 0.1) is 5.82 Å². The highest BCUT2D eigenvalue weighted by Crippen LogP contribution is 2.22. The lowest BCUT2D eigenvalue weighted by atomic mass is 10.1. The van der Waals surface area contributed by atoms with Gasteiger partial charge in [-0.25, -0.2) is 4.39 Å². The number of carbonyl (C=O) groups is 3. The maximum Gasteiger partial charge on any atom is 0.258 e. The molecular formula is C23H25FN4O3. The van der Waals surface area contributed by atoms with E-state index >= 15 is 0 Å². The van der Waals surface area contributed by atoms with E-state index in [9.17, 15) is 18.8 Å². The zero-order valence-corrected chi connectivity index (χ0v) is 17.7. The number of aromatic nitrogens is 1. The molecule has 0 fully saturated rings. The van der Waals surface area contributed by atoms with Gasteiger partial charge in [-0.15, -0.1) is 0 Å². The Hall–Kier alpha value is -3.68. The summed E-state index contributed by atoms with van der Waals surface area (Å²) < 4.78 is 16.0. The Bertz CT molecular complexity index is 1140. The Balaban J connectivity index is 1.78. The van der Waals surface area contributed by atoms with Crippen molar-refractivity contribution in [2.24, 2.45) is 0 Å². The van der Waals surface area contributed by atoms with Crippen LogP contribution in [0.3, 0.4) is 0 Å². The first kappa shape index (κ1) is 22.0. The minimum Gasteiger partial charge on any atom is -0.342 e. The summed E-state index contributed by atoms with van der Waals surface area (Å²) in [5, 5.41) is 6.06. The van der Waals surface area contributed by atoms with Crippen molar-refractivity contribution in [1.82, 2.24) is 9.47 Å². The van der Waals surface area contributed by atoms with Gasteiger partial charge in [-0.1, -0.05) is 0 Å².